The Morgan fingerprint density at radius 2 is 1.63 bits per heavy atom. The van der Waals surface area contributed by atoms with Crippen molar-refractivity contribution in [1.29, 1.82) is 0 Å². The number of hydrogen-bond acceptors (Lipinski definition) is 0. The third kappa shape index (κ3) is 3.38. The summed E-state index contributed by atoms with van der Waals surface area (Å²) in [6.07, 6.45) is 13.5. The molecule has 0 aromatic heterocycles. The van der Waals surface area contributed by atoms with Gasteiger partial charge >= 0.3 is 0 Å². The maximum atomic E-state index is 2.62. The smallest absolute Gasteiger partial charge is 0.0111 e. The van der Waals surface area contributed by atoms with Gasteiger partial charge < -0.3 is 0 Å². The van der Waals surface area contributed by atoms with Crippen molar-refractivity contribution in [3.8, 4) is 0 Å². The number of allylic oxidation sites excluding steroid dienone is 4. The van der Waals surface area contributed by atoms with Crippen LogP contribution < -0.4 is 0 Å². The lowest BCUT2D eigenvalue weighted by Gasteiger charge is -2.53. The van der Waals surface area contributed by atoms with Gasteiger partial charge in [0.05, 0.1) is 0 Å². The highest BCUT2D eigenvalue weighted by molar-refractivity contribution is 5.29. The van der Waals surface area contributed by atoms with E-state index in [-0.39, 0.29) is 0 Å². The molecule has 0 N–H and O–H groups in total. The zero-order valence-corrected chi connectivity index (χ0v) is 19.8. The van der Waals surface area contributed by atoms with Gasteiger partial charge in [0.1, 0.15) is 0 Å². The third-order valence-corrected chi connectivity index (χ3v) is 10.2. The van der Waals surface area contributed by atoms with Crippen molar-refractivity contribution >= 4 is 0 Å². The van der Waals surface area contributed by atoms with E-state index in [2.05, 4.69) is 74.5 Å². The SMILES string of the molecule is CC(C)C1CC[C@H]2/C(=C/C=C3/CC(C)C(C)(C)C(C)C3(C)C)CCC[C@]12C. The Morgan fingerprint density at radius 3 is 2.26 bits per heavy atom. The number of hydrogen-bond donors (Lipinski definition) is 0. The molecule has 0 aliphatic heterocycles. The minimum absolute atomic E-state index is 0.307. The maximum Gasteiger partial charge on any atom is -0.0111 e. The van der Waals surface area contributed by atoms with Crippen molar-refractivity contribution in [3.63, 3.8) is 0 Å². The molecule has 0 saturated heterocycles. The van der Waals surface area contributed by atoms with Crippen molar-refractivity contribution in [2.45, 2.75) is 101 Å². The van der Waals surface area contributed by atoms with Crippen LogP contribution in [-0.4, -0.2) is 0 Å². The molecule has 3 saturated carbocycles. The maximum absolute atomic E-state index is 2.62. The molecule has 3 rings (SSSR count). The molecule has 0 amide bonds. The first kappa shape index (κ1) is 21.2. The zero-order chi connectivity index (χ0) is 20.2. The van der Waals surface area contributed by atoms with Gasteiger partial charge in [0.15, 0.2) is 0 Å². The van der Waals surface area contributed by atoms with Crippen LogP contribution in [-0.2, 0) is 0 Å². The molecule has 3 aliphatic rings. The third-order valence-electron chi connectivity index (χ3n) is 10.2. The molecule has 3 aliphatic carbocycles. The van der Waals surface area contributed by atoms with Gasteiger partial charge in [-0.2, -0.15) is 0 Å². The molecule has 154 valence electrons. The summed E-state index contributed by atoms with van der Waals surface area (Å²) in [5.74, 6) is 4.07. The summed E-state index contributed by atoms with van der Waals surface area (Å²) in [6, 6.07) is 0. The summed E-state index contributed by atoms with van der Waals surface area (Å²) in [6.45, 7) is 22.4. The second-order valence-corrected chi connectivity index (χ2v) is 12.1. The van der Waals surface area contributed by atoms with Crippen molar-refractivity contribution in [1.82, 2.24) is 0 Å². The Morgan fingerprint density at radius 1 is 0.963 bits per heavy atom. The van der Waals surface area contributed by atoms with Gasteiger partial charge in [-0.1, -0.05) is 85.6 Å². The summed E-state index contributed by atoms with van der Waals surface area (Å²) in [5, 5.41) is 0. The topological polar surface area (TPSA) is 0 Å². The lowest BCUT2D eigenvalue weighted by Crippen LogP contribution is -2.44. The molecule has 5 atom stereocenters. The zero-order valence-electron chi connectivity index (χ0n) is 19.8. The highest BCUT2D eigenvalue weighted by Crippen LogP contribution is 2.60. The Hall–Kier alpha value is -0.520. The minimum Gasteiger partial charge on any atom is -0.0666 e. The summed E-state index contributed by atoms with van der Waals surface area (Å²) in [5.41, 5.74) is 4.76. The molecule has 0 aromatic rings. The average molecular weight is 371 g/mol. The van der Waals surface area contributed by atoms with Gasteiger partial charge in [0, 0.05) is 0 Å². The van der Waals surface area contributed by atoms with Gasteiger partial charge in [0.2, 0.25) is 0 Å². The minimum atomic E-state index is 0.307. The van der Waals surface area contributed by atoms with E-state index in [1.807, 2.05) is 0 Å². The van der Waals surface area contributed by atoms with Crippen molar-refractivity contribution in [2.24, 2.45) is 45.8 Å². The molecule has 0 bridgehead atoms. The van der Waals surface area contributed by atoms with Crippen LogP contribution in [0.2, 0.25) is 0 Å². The standard InChI is InChI=1S/C27H46/c1-18(2)23-14-15-24-21(11-10-16-27(23,24)9)12-13-22-17-19(3)25(5,6)20(4)26(22,7)8/h12-13,18-20,23-24H,10-11,14-17H2,1-9H3/b21-12+,22-13-/t19?,20?,23?,24-,27+/m0/s1. The Balaban J connectivity index is 1.89. The second kappa shape index (κ2) is 7.07. The Labute approximate surface area is 170 Å². The van der Waals surface area contributed by atoms with E-state index in [4.69, 9.17) is 0 Å². The fourth-order valence-electron chi connectivity index (χ4n) is 7.36. The number of rotatable bonds is 2. The van der Waals surface area contributed by atoms with Crippen LogP contribution in [0.4, 0.5) is 0 Å². The lowest BCUT2D eigenvalue weighted by molar-refractivity contribution is 0.0246. The Kier molecular flexibility index (Phi) is 5.55. The monoisotopic (exact) mass is 370 g/mol. The van der Waals surface area contributed by atoms with E-state index in [9.17, 15) is 0 Å². The second-order valence-electron chi connectivity index (χ2n) is 12.1. The summed E-state index contributed by atoms with van der Waals surface area (Å²) < 4.78 is 0. The van der Waals surface area contributed by atoms with Crippen LogP contribution in [0.15, 0.2) is 23.3 Å². The molecule has 0 heteroatoms. The summed E-state index contributed by atoms with van der Waals surface area (Å²) in [4.78, 5) is 0. The van der Waals surface area contributed by atoms with Crippen molar-refractivity contribution < 1.29 is 0 Å². The Bertz CT molecular complexity index is 614. The largest absolute Gasteiger partial charge is 0.0666 e. The summed E-state index contributed by atoms with van der Waals surface area (Å²) in [7, 11) is 0. The van der Waals surface area contributed by atoms with Crippen LogP contribution in [0.1, 0.15) is 101 Å². The van der Waals surface area contributed by atoms with Gasteiger partial charge in [-0.05, 0) is 84.4 Å². The number of fused-ring (bicyclic) bond motifs is 1. The van der Waals surface area contributed by atoms with Crippen LogP contribution >= 0.6 is 0 Å². The molecular weight excluding hydrogens is 324 g/mol. The van der Waals surface area contributed by atoms with Gasteiger partial charge in [-0.15, -0.1) is 0 Å². The van der Waals surface area contributed by atoms with Crippen LogP contribution in [0.25, 0.3) is 0 Å². The fraction of sp³-hybridized carbons (Fsp3) is 0.852. The van der Waals surface area contributed by atoms with E-state index in [1.165, 1.54) is 38.5 Å². The van der Waals surface area contributed by atoms with E-state index < -0.39 is 0 Å². The van der Waals surface area contributed by atoms with Crippen molar-refractivity contribution in [2.75, 3.05) is 0 Å². The highest BCUT2D eigenvalue weighted by Gasteiger charge is 2.50. The molecule has 3 fully saturated rings. The molecule has 0 heterocycles. The van der Waals surface area contributed by atoms with Crippen LogP contribution in [0.3, 0.4) is 0 Å². The average Bonchev–Trinajstić information content (AvgIpc) is 2.93. The fourth-order valence-corrected chi connectivity index (χ4v) is 7.36. The predicted octanol–water partition coefficient (Wildman–Crippen LogP) is 8.44. The molecule has 27 heavy (non-hydrogen) atoms. The van der Waals surface area contributed by atoms with Gasteiger partial charge in [-0.3, -0.25) is 0 Å². The summed E-state index contributed by atoms with van der Waals surface area (Å²) >= 11 is 0. The van der Waals surface area contributed by atoms with E-state index in [0.29, 0.717) is 22.2 Å². The first-order valence-electron chi connectivity index (χ1n) is 11.8. The highest BCUT2D eigenvalue weighted by atomic mass is 14.5. The van der Waals surface area contributed by atoms with Gasteiger partial charge in [-0.25, -0.2) is 0 Å². The van der Waals surface area contributed by atoms with Crippen LogP contribution in [0, 0.1) is 45.8 Å². The van der Waals surface area contributed by atoms with Gasteiger partial charge in [0.25, 0.3) is 0 Å². The van der Waals surface area contributed by atoms with E-state index in [1.54, 1.807) is 11.1 Å². The molecule has 0 nitrogen and oxygen atoms in total. The van der Waals surface area contributed by atoms with Crippen LogP contribution in [0.5, 0.6) is 0 Å². The van der Waals surface area contributed by atoms with E-state index >= 15 is 0 Å². The lowest BCUT2D eigenvalue weighted by atomic mass is 9.52. The van der Waals surface area contributed by atoms with E-state index in [0.717, 1.165) is 23.7 Å². The first-order valence-corrected chi connectivity index (χ1v) is 11.8. The van der Waals surface area contributed by atoms with Crippen molar-refractivity contribution in [3.05, 3.63) is 23.3 Å². The molecule has 0 aromatic carbocycles. The molecule has 0 spiro atoms. The molecule has 0 radical (unpaired) electrons. The quantitative estimate of drug-likeness (QED) is 0.457. The first-order chi connectivity index (χ1) is 12.4. The predicted molar refractivity (Wildman–Crippen MR) is 120 cm³/mol. The molecule has 3 unspecified atom stereocenters. The molecular formula is C27H46. The normalized spacial score (nSPS) is 44.1.